The van der Waals surface area contributed by atoms with Crippen molar-refractivity contribution >= 4 is 5.97 Å². The molecular formula is C21H31N3O3. The number of carbonyl (C=O) groups is 1. The first-order chi connectivity index (χ1) is 13.1. The summed E-state index contributed by atoms with van der Waals surface area (Å²) in [6.07, 6.45) is 13.0. The first-order valence-corrected chi connectivity index (χ1v) is 10.3. The summed E-state index contributed by atoms with van der Waals surface area (Å²) in [6, 6.07) is 0. The molecule has 0 bridgehead atoms. The van der Waals surface area contributed by atoms with Crippen LogP contribution in [0, 0.1) is 11.8 Å². The quantitative estimate of drug-likeness (QED) is 0.359. The molecule has 5 atom stereocenters. The SMILES string of the molecule is C/C1=C\CC[C@@]2(C)O[C@@H]2[C@H]2OC(=O)[C@@H](CNCCCn3ccnc3)[C@@H]2CC1. The molecule has 2 saturated heterocycles. The minimum absolute atomic E-state index is 0.0501. The molecule has 0 unspecified atom stereocenters. The van der Waals surface area contributed by atoms with Gasteiger partial charge in [0, 0.05) is 31.4 Å². The van der Waals surface area contributed by atoms with Gasteiger partial charge in [-0.05, 0) is 52.5 Å². The minimum atomic E-state index is -0.121. The number of fused-ring (bicyclic) bond motifs is 3. The number of hydrogen-bond acceptors (Lipinski definition) is 5. The Bertz CT molecular complexity index is 687. The van der Waals surface area contributed by atoms with Gasteiger partial charge in [0.2, 0.25) is 0 Å². The van der Waals surface area contributed by atoms with E-state index >= 15 is 0 Å². The predicted molar refractivity (Wildman–Crippen MR) is 102 cm³/mol. The fourth-order valence-electron chi connectivity index (χ4n) is 4.64. The summed E-state index contributed by atoms with van der Waals surface area (Å²) >= 11 is 0. The van der Waals surface area contributed by atoms with Crippen molar-refractivity contribution in [2.45, 2.75) is 70.3 Å². The van der Waals surface area contributed by atoms with Gasteiger partial charge in [-0.2, -0.15) is 0 Å². The van der Waals surface area contributed by atoms with Gasteiger partial charge in [0.15, 0.2) is 0 Å². The number of aryl methyl sites for hydroxylation is 1. The van der Waals surface area contributed by atoms with Crippen molar-refractivity contribution in [3.63, 3.8) is 0 Å². The van der Waals surface area contributed by atoms with Crippen LogP contribution in [0.5, 0.6) is 0 Å². The van der Waals surface area contributed by atoms with Gasteiger partial charge >= 0.3 is 5.97 Å². The Labute approximate surface area is 161 Å². The summed E-state index contributed by atoms with van der Waals surface area (Å²) in [7, 11) is 0. The van der Waals surface area contributed by atoms with Gasteiger partial charge in [0.05, 0.1) is 17.8 Å². The topological polar surface area (TPSA) is 68.7 Å². The average molecular weight is 373 g/mol. The smallest absolute Gasteiger partial charge is 0.311 e. The maximum atomic E-state index is 12.6. The highest BCUT2D eigenvalue weighted by Crippen LogP contribution is 2.50. The van der Waals surface area contributed by atoms with Gasteiger partial charge in [0.25, 0.3) is 0 Å². The number of epoxide rings is 1. The van der Waals surface area contributed by atoms with Crippen LogP contribution in [0.15, 0.2) is 30.4 Å². The van der Waals surface area contributed by atoms with Crippen molar-refractivity contribution in [3.05, 3.63) is 30.4 Å². The van der Waals surface area contributed by atoms with Crippen molar-refractivity contribution in [2.75, 3.05) is 13.1 Å². The molecule has 6 nitrogen and oxygen atoms in total. The second-order valence-corrected chi connectivity index (χ2v) is 8.51. The number of nitrogens with one attached hydrogen (secondary N) is 1. The maximum absolute atomic E-state index is 12.6. The Morgan fingerprint density at radius 1 is 1.44 bits per heavy atom. The summed E-state index contributed by atoms with van der Waals surface area (Å²) < 4.78 is 13.9. The van der Waals surface area contributed by atoms with Crippen molar-refractivity contribution in [2.24, 2.45) is 11.8 Å². The van der Waals surface area contributed by atoms with E-state index in [0.717, 1.165) is 45.2 Å². The van der Waals surface area contributed by atoms with Crippen LogP contribution in [0.25, 0.3) is 0 Å². The highest BCUT2D eigenvalue weighted by Gasteiger charge is 2.62. The molecule has 0 saturated carbocycles. The molecule has 0 radical (unpaired) electrons. The van der Waals surface area contributed by atoms with Crippen LogP contribution in [0.3, 0.4) is 0 Å². The van der Waals surface area contributed by atoms with Crippen molar-refractivity contribution < 1.29 is 14.3 Å². The molecule has 27 heavy (non-hydrogen) atoms. The zero-order chi connectivity index (χ0) is 18.9. The second kappa shape index (κ2) is 7.76. The Balaban J connectivity index is 1.34. The number of aromatic nitrogens is 2. The molecule has 0 aromatic carbocycles. The van der Waals surface area contributed by atoms with E-state index < -0.39 is 0 Å². The summed E-state index contributed by atoms with van der Waals surface area (Å²) in [4.78, 5) is 16.7. The molecule has 2 aliphatic heterocycles. The van der Waals surface area contributed by atoms with E-state index in [1.807, 2.05) is 12.5 Å². The third-order valence-electron chi connectivity index (χ3n) is 6.43. The van der Waals surface area contributed by atoms with E-state index in [2.05, 4.69) is 34.8 Å². The number of nitrogens with zero attached hydrogens (tertiary/aromatic N) is 2. The first-order valence-electron chi connectivity index (χ1n) is 10.3. The minimum Gasteiger partial charge on any atom is -0.459 e. The normalized spacial score (nSPS) is 37.7. The van der Waals surface area contributed by atoms with E-state index in [9.17, 15) is 4.79 Å². The van der Waals surface area contributed by atoms with Crippen LogP contribution in [-0.4, -0.2) is 46.4 Å². The molecule has 0 spiro atoms. The summed E-state index contributed by atoms with van der Waals surface area (Å²) in [6.45, 7) is 6.87. The summed E-state index contributed by atoms with van der Waals surface area (Å²) in [5, 5.41) is 3.48. The standard InChI is InChI=1S/C21H31N3O3/c1-15-5-3-8-21(2)19(27-21)18-16(7-6-15)17(20(25)26-18)13-22-9-4-11-24-12-10-23-14-24/h5,10,12,14,16-19,22H,3-4,6-9,11,13H2,1-2H3/b15-5+/t16-,17-,18-,19+,21+/m0/s1. The number of esters is 1. The first kappa shape index (κ1) is 18.7. The van der Waals surface area contributed by atoms with Crippen LogP contribution in [0.4, 0.5) is 0 Å². The van der Waals surface area contributed by atoms with E-state index in [1.54, 1.807) is 6.20 Å². The Hall–Kier alpha value is -1.66. The molecule has 1 N–H and O–H groups in total. The Morgan fingerprint density at radius 3 is 3.15 bits per heavy atom. The van der Waals surface area contributed by atoms with Crippen LogP contribution >= 0.6 is 0 Å². The summed E-state index contributed by atoms with van der Waals surface area (Å²) in [5.41, 5.74) is 1.30. The molecule has 1 aliphatic carbocycles. The molecule has 6 heteroatoms. The lowest BCUT2D eigenvalue weighted by Crippen LogP contribution is -2.34. The van der Waals surface area contributed by atoms with Gasteiger partial charge < -0.3 is 19.4 Å². The van der Waals surface area contributed by atoms with Crippen LogP contribution in [0.2, 0.25) is 0 Å². The highest BCUT2D eigenvalue weighted by molar-refractivity contribution is 5.75. The van der Waals surface area contributed by atoms with Gasteiger partial charge in [-0.15, -0.1) is 0 Å². The molecule has 4 rings (SSSR count). The third kappa shape index (κ3) is 4.11. The molecule has 148 valence electrons. The molecule has 1 aromatic heterocycles. The number of carbonyl (C=O) groups excluding carboxylic acids is 1. The van der Waals surface area contributed by atoms with Crippen molar-refractivity contribution in [1.82, 2.24) is 14.9 Å². The maximum Gasteiger partial charge on any atom is 0.311 e. The van der Waals surface area contributed by atoms with Crippen LogP contribution < -0.4 is 5.32 Å². The van der Waals surface area contributed by atoms with Crippen LogP contribution in [-0.2, 0) is 20.8 Å². The molecule has 2 fully saturated rings. The number of allylic oxidation sites excluding steroid dienone is 2. The van der Waals surface area contributed by atoms with Crippen molar-refractivity contribution in [1.29, 1.82) is 0 Å². The lowest BCUT2D eigenvalue weighted by Gasteiger charge is -2.22. The zero-order valence-electron chi connectivity index (χ0n) is 16.4. The van der Waals surface area contributed by atoms with E-state index in [0.29, 0.717) is 6.54 Å². The number of imidazole rings is 1. The van der Waals surface area contributed by atoms with Crippen LogP contribution in [0.1, 0.15) is 46.0 Å². The van der Waals surface area contributed by atoms with Gasteiger partial charge in [-0.25, -0.2) is 4.98 Å². The van der Waals surface area contributed by atoms with E-state index in [4.69, 9.17) is 9.47 Å². The highest BCUT2D eigenvalue weighted by atomic mass is 16.6. The fourth-order valence-corrected chi connectivity index (χ4v) is 4.64. The number of rotatable bonds is 6. The number of ether oxygens (including phenoxy) is 2. The third-order valence-corrected chi connectivity index (χ3v) is 6.43. The van der Waals surface area contributed by atoms with Gasteiger partial charge in [-0.1, -0.05) is 11.6 Å². The zero-order valence-corrected chi connectivity index (χ0v) is 16.4. The summed E-state index contributed by atoms with van der Waals surface area (Å²) in [5.74, 6) is 0.127. The molecule has 0 amide bonds. The Morgan fingerprint density at radius 2 is 2.33 bits per heavy atom. The Kier molecular flexibility index (Phi) is 5.37. The lowest BCUT2D eigenvalue weighted by atomic mass is 9.80. The molecule has 3 aliphatic rings. The predicted octanol–water partition coefficient (Wildman–Crippen LogP) is 2.70. The van der Waals surface area contributed by atoms with Crippen molar-refractivity contribution in [3.8, 4) is 0 Å². The molecular weight excluding hydrogens is 342 g/mol. The lowest BCUT2D eigenvalue weighted by molar-refractivity contribution is -0.144. The largest absolute Gasteiger partial charge is 0.459 e. The molecule has 1 aromatic rings. The molecule has 3 heterocycles. The number of hydrogen-bond donors (Lipinski definition) is 1. The average Bonchev–Trinajstić information content (AvgIpc) is 2.98. The van der Waals surface area contributed by atoms with E-state index in [-0.39, 0.29) is 35.6 Å². The fraction of sp³-hybridized carbons (Fsp3) is 0.714. The van der Waals surface area contributed by atoms with E-state index in [1.165, 1.54) is 5.57 Å². The second-order valence-electron chi connectivity index (χ2n) is 8.51. The monoisotopic (exact) mass is 373 g/mol. The van der Waals surface area contributed by atoms with Gasteiger partial charge in [0.1, 0.15) is 12.2 Å². The van der Waals surface area contributed by atoms with Gasteiger partial charge in [-0.3, -0.25) is 4.79 Å².